The summed E-state index contributed by atoms with van der Waals surface area (Å²) in [7, 11) is 0. The first-order valence-corrected chi connectivity index (χ1v) is 6.68. The first-order valence-electron chi connectivity index (χ1n) is 6.68. The van der Waals surface area contributed by atoms with Crippen LogP contribution in [0.15, 0.2) is 24.4 Å². The Labute approximate surface area is 115 Å². The van der Waals surface area contributed by atoms with Crippen LogP contribution in [-0.2, 0) is 0 Å². The van der Waals surface area contributed by atoms with Gasteiger partial charge in [-0.2, -0.15) is 9.38 Å². The molecular formula is C13H16N4O3. The standard InChI is InChI=1S/C13H16N4O3/c18-9-10-4-7-15(8-5-10)12-13(17(19)20)16-6-2-1-3-11(16)14-12/h1-3,6,10,18H,4-5,7-9H2. The number of pyridine rings is 1. The van der Waals surface area contributed by atoms with E-state index in [1.807, 2.05) is 11.0 Å². The van der Waals surface area contributed by atoms with Crippen molar-refractivity contribution in [2.45, 2.75) is 12.8 Å². The average Bonchev–Trinajstić information content (AvgIpc) is 2.86. The molecule has 3 rings (SSSR count). The fourth-order valence-electron chi connectivity index (χ4n) is 2.68. The van der Waals surface area contributed by atoms with E-state index in [4.69, 9.17) is 5.11 Å². The molecule has 0 radical (unpaired) electrons. The molecule has 20 heavy (non-hydrogen) atoms. The number of hydrogen-bond acceptors (Lipinski definition) is 5. The molecule has 0 unspecified atom stereocenters. The number of aliphatic hydroxyl groups is 1. The highest BCUT2D eigenvalue weighted by Crippen LogP contribution is 2.31. The second-order valence-corrected chi connectivity index (χ2v) is 5.06. The number of nitro groups is 1. The molecule has 0 saturated carbocycles. The largest absolute Gasteiger partial charge is 0.396 e. The van der Waals surface area contributed by atoms with Crippen molar-refractivity contribution < 1.29 is 10.0 Å². The molecule has 0 aromatic carbocycles. The van der Waals surface area contributed by atoms with Crippen LogP contribution in [0.5, 0.6) is 0 Å². The summed E-state index contributed by atoms with van der Waals surface area (Å²) in [5.41, 5.74) is 0.582. The third-order valence-electron chi connectivity index (χ3n) is 3.83. The molecule has 7 heteroatoms. The van der Waals surface area contributed by atoms with Gasteiger partial charge < -0.3 is 20.1 Å². The van der Waals surface area contributed by atoms with Crippen LogP contribution in [-0.4, -0.2) is 39.1 Å². The molecule has 2 aromatic heterocycles. The quantitative estimate of drug-likeness (QED) is 0.677. The third kappa shape index (κ3) is 2.09. The summed E-state index contributed by atoms with van der Waals surface area (Å²) >= 11 is 0. The van der Waals surface area contributed by atoms with Crippen molar-refractivity contribution >= 4 is 17.3 Å². The highest BCUT2D eigenvalue weighted by Gasteiger charge is 2.29. The molecule has 3 heterocycles. The Hall–Kier alpha value is -2.15. The van der Waals surface area contributed by atoms with E-state index in [9.17, 15) is 10.1 Å². The van der Waals surface area contributed by atoms with Gasteiger partial charge in [0.15, 0.2) is 0 Å². The number of hydrogen-bond donors (Lipinski definition) is 1. The SMILES string of the molecule is O=[N+]([O-])c1c(N2CCC(CO)CC2)nc2ccccn12. The number of nitrogens with zero attached hydrogens (tertiary/aromatic N) is 4. The highest BCUT2D eigenvalue weighted by atomic mass is 16.6. The minimum atomic E-state index is -0.381. The van der Waals surface area contributed by atoms with Crippen LogP contribution in [0.1, 0.15) is 12.8 Å². The molecule has 1 aliphatic heterocycles. The monoisotopic (exact) mass is 276 g/mol. The summed E-state index contributed by atoms with van der Waals surface area (Å²) in [4.78, 5) is 17.3. The van der Waals surface area contributed by atoms with Gasteiger partial charge in [-0.05, 0) is 29.7 Å². The zero-order chi connectivity index (χ0) is 14.1. The van der Waals surface area contributed by atoms with Gasteiger partial charge in [0, 0.05) is 25.8 Å². The Kier molecular flexibility index (Phi) is 3.27. The average molecular weight is 276 g/mol. The minimum Gasteiger partial charge on any atom is -0.396 e. The van der Waals surface area contributed by atoms with Crippen LogP contribution in [0, 0.1) is 16.0 Å². The Morgan fingerprint density at radius 1 is 1.40 bits per heavy atom. The van der Waals surface area contributed by atoms with Crippen LogP contribution in [0.4, 0.5) is 11.6 Å². The van der Waals surface area contributed by atoms with E-state index in [2.05, 4.69) is 4.98 Å². The van der Waals surface area contributed by atoms with E-state index in [1.165, 1.54) is 4.40 Å². The van der Waals surface area contributed by atoms with Crippen molar-refractivity contribution in [2.24, 2.45) is 5.92 Å². The molecular weight excluding hydrogens is 260 g/mol. The van der Waals surface area contributed by atoms with Crippen molar-refractivity contribution in [3.8, 4) is 0 Å². The lowest BCUT2D eigenvalue weighted by Crippen LogP contribution is -2.35. The zero-order valence-electron chi connectivity index (χ0n) is 11.0. The molecule has 0 bridgehead atoms. The highest BCUT2D eigenvalue weighted by molar-refractivity contribution is 5.63. The number of imidazole rings is 1. The van der Waals surface area contributed by atoms with Crippen LogP contribution in [0.25, 0.3) is 5.65 Å². The zero-order valence-corrected chi connectivity index (χ0v) is 11.0. The van der Waals surface area contributed by atoms with Crippen LogP contribution < -0.4 is 4.90 Å². The van der Waals surface area contributed by atoms with Gasteiger partial charge in [-0.1, -0.05) is 6.07 Å². The molecule has 106 valence electrons. The van der Waals surface area contributed by atoms with E-state index < -0.39 is 0 Å². The predicted molar refractivity (Wildman–Crippen MR) is 73.9 cm³/mol. The number of aliphatic hydroxyl groups excluding tert-OH is 1. The van der Waals surface area contributed by atoms with Crippen molar-refractivity contribution in [1.82, 2.24) is 9.38 Å². The molecule has 0 amide bonds. The molecule has 2 aromatic rings. The van der Waals surface area contributed by atoms with E-state index in [0.717, 1.165) is 12.8 Å². The maximum absolute atomic E-state index is 11.3. The summed E-state index contributed by atoms with van der Waals surface area (Å²) in [5, 5.41) is 20.5. The second-order valence-electron chi connectivity index (χ2n) is 5.06. The number of aromatic nitrogens is 2. The second kappa shape index (κ2) is 5.09. The molecule has 0 aliphatic carbocycles. The number of rotatable bonds is 3. The molecule has 0 spiro atoms. The van der Waals surface area contributed by atoms with Crippen molar-refractivity contribution in [3.63, 3.8) is 0 Å². The maximum Gasteiger partial charge on any atom is 0.372 e. The molecule has 0 atom stereocenters. The van der Waals surface area contributed by atoms with Gasteiger partial charge in [-0.3, -0.25) is 0 Å². The Morgan fingerprint density at radius 3 is 2.80 bits per heavy atom. The lowest BCUT2D eigenvalue weighted by atomic mass is 9.98. The molecule has 1 fully saturated rings. The third-order valence-corrected chi connectivity index (χ3v) is 3.83. The summed E-state index contributed by atoms with van der Waals surface area (Å²) in [6.07, 6.45) is 3.33. The van der Waals surface area contributed by atoms with Gasteiger partial charge in [0.2, 0.25) is 11.5 Å². The predicted octanol–water partition coefficient (Wildman–Crippen LogP) is 1.45. The minimum absolute atomic E-state index is 0.0167. The maximum atomic E-state index is 11.3. The van der Waals surface area contributed by atoms with E-state index in [0.29, 0.717) is 30.5 Å². The smallest absolute Gasteiger partial charge is 0.372 e. The van der Waals surface area contributed by atoms with E-state index >= 15 is 0 Å². The van der Waals surface area contributed by atoms with Gasteiger partial charge in [0.05, 0.1) is 6.20 Å². The van der Waals surface area contributed by atoms with Gasteiger partial charge in [0.1, 0.15) is 0 Å². The first kappa shape index (κ1) is 12.9. The molecule has 1 aliphatic rings. The lowest BCUT2D eigenvalue weighted by molar-refractivity contribution is -0.389. The molecule has 7 nitrogen and oxygen atoms in total. The summed E-state index contributed by atoms with van der Waals surface area (Å²) in [5.74, 6) is 0.739. The van der Waals surface area contributed by atoms with Crippen LogP contribution in [0.3, 0.4) is 0 Å². The van der Waals surface area contributed by atoms with Crippen molar-refractivity contribution in [1.29, 1.82) is 0 Å². The summed E-state index contributed by atoms with van der Waals surface area (Å²) < 4.78 is 1.51. The summed E-state index contributed by atoms with van der Waals surface area (Å²) in [6, 6.07) is 5.33. The Morgan fingerprint density at radius 2 is 2.15 bits per heavy atom. The Balaban J connectivity index is 1.99. The Bertz CT molecular complexity index is 632. The summed E-state index contributed by atoms with van der Waals surface area (Å²) in [6.45, 7) is 1.56. The molecule has 1 N–H and O–H groups in total. The number of anilines is 1. The van der Waals surface area contributed by atoms with E-state index in [1.54, 1.807) is 18.3 Å². The van der Waals surface area contributed by atoms with Gasteiger partial charge >= 0.3 is 5.82 Å². The van der Waals surface area contributed by atoms with Crippen LogP contribution in [0.2, 0.25) is 0 Å². The topological polar surface area (TPSA) is 83.9 Å². The first-order chi connectivity index (χ1) is 9.70. The molecule has 1 saturated heterocycles. The van der Waals surface area contributed by atoms with E-state index in [-0.39, 0.29) is 17.3 Å². The fraction of sp³-hybridized carbons (Fsp3) is 0.462. The fourth-order valence-corrected chi connectivity index (χ4v) is 2.68. The number of piperidine rings is 1. The van der Waals surface area contributed by atoms with Crippen molar-refractivity contribution in [2.75, 3.05) is 24.6 Å². The van der Waals surface area contributed by atoms with Gasteiger partial charge in [0.25, 0.3) is 0 Å². The van der Waals surface area contributed by atoms with Gasteiger partial charge in [-0.25, -0.2) is 0 Å². The van der Waals surface area contributed by atoms with Crippen LogP contribution >= 0.6 is 0 Å². The normalized spacial score (nSPS) is 16.8. The lowest BCUT2D eigenvalue weighted by Gasteiger charge is -2.30. The van der Waals surface area contributed by atoms with Gasteiger partial charge in [-0.15, -0.1) is 0 Å². The van der Waals surface area contributed by atoms with Crippen molar-refractivity contribution in [3.05, 3.63) is 34.5 Å². The number of fused-ring (bicyclic) bond motifs is 1.